The molecule has 0 aliphatic heterocycles. The predicted molar refractivity (Wildman–Crippen MR) is 128 cm³/mol. The standard InChI is InChI=1S/C25H34N2O3S/c1-6-23(25(29)26-18(2)3)27(15-20-11-13-22(30-5)14-12-20)24(28)17-31-16-21-10-8-7-9-19(21)4/h7-14,18,23H,6,15-17H2,1-5H3,(H,26,29). The van der Waals surface area contributed by atoms with Crippen molar-refractivity contribution in [1.82, 2.24) is 10.2 Å². The van der Waals surface area contributed by atoms with Crippen LogP contribution in [0, 0.1) is 6.92 Å². The van der Waals surface area contributed by atoms with Crippen molar-refractivity contribution in [1.29, 1.82) is 0 Å². The molecule has 2 aromatic rings. The molecule has 0 saturated heterocycles. The summed E-state index contributed by atoms with van der Waals surface area (Å²) in [5.74, 6) is 1.73. The van der Waals surface area contributed by atoms with Crippen molar-refractivity contribution in [2.24, 2.45) is 0 Å². The number of hydrogen-bond acceptors (Lipinski definition) is 4. The molecule has 0 spiro atoms. The number of nitrogens with one attached hydrogen (secondary N) is 1. The molecule has 0 saturated carbocycles. The van der Waals surface area contributed by atoms with E-state index in [0.717, 1.165) is 17.1 Å². The molecule has 0 aliphatic rings. The van der Waals surface area contributed by atoms with Gasteiger partial charge in [0.15, 0.2) is 0 Å². The van der Waals surface area contributed by atoms with Gasteiger partial charge in [0.2, 0.25) is 11.8 Å². The number of benzene rings is 2. The number of hydrogen-bond donors (Lipinski definition) is 1. The predicted octanol–water partition coefficient (Wildman–Crippen LogP) is 4.57. The molecule has 5 nitrogen and oxygen atoms in total. The molecule has 2 aromatic carbocycles. The summed E-state index contributed by atoms with van der Waals surface area (Å²) in [5, 5.41) is 2.96. The van der Waals surface area contributed by atoms with Crippen molar-refractivity contribution in [3.63, 3.8) is 0 Å². The number of nitrogens with zero attached hydrogens (tertiary/aromatic N) is 1. The number of carbonyl (C=O) groups excluding carboxylic acids is 2. The third-order valence-electron chi connectivity index (χ3n) is 5.07. The molecule has 0 aromatic heterocycles. The third-order valence-corrected chi connectivity index (χ3v) is 6.04. The van der Waals surface area contributed by atoms with Crippen LogP contribution in [0.2, 0.25) is 0 Å². The number of methoxy groups -OCH3 is 1. The average molecular weight is 443 g/mol. The summed E-state index contributed by atoms with van der Waals surface area (Å²) < 4.78 is 5.23. The Hall–Kier alpha value is -2.47. The lowest BCUT2D eigenvalue weighted by Gasteiger charge is -2.31. The summed E-state index contributed by atoms with van der Waals surface area (Å²) in [6, 6.07) is 15.4. The summed E-state index contributed by atoms with van der Waals surface area (Å²) in [7, 11) is 1.62. The number of thioether (sulfide) groups is 1. The van der Waals surface area contributed by atoms with E-state index in [2.05, 4.69) is 24.4 Å². The summed E-state index contributed by atoms with van der Waals surface area (Å²) in [6.45, 7) is 8.27. The molecule has 1 unspecified atom stereocenters. The van der Waals surface area contributed by atoms with Gasteiger partial charge in [-0.2, -0.15) is 0 Å². The molecule has 1 atom stereocenters. The number of aryl methyl sites for hydroxylation is 1. The highest BCUT2D eigenvalue weighted by Gasteiger charge is 2.28. The topological polar surface area (TPSA) is 58.6 Å². The van der Waals surface area contributed by atoms with Gasteiger partial charge in [0.05, 0.1) is 12.9 Å². The molecule has 0 radical (unpaired) electrons. The highest BCUT2D eigenvalue weighted by atomic mass is 32.2. The lowest BCUT2D eigenvalue weighted by atomic mass is 10.1. The minimum absolute atomic E-state index is 0.0231. The lowest BCUT2D eigenvalue weighted by Crippen LogP contribution is -2.50. The fourth-order valence-electron chi connectivity index (χ4n) is 3.33. The molecule has 0 aliphatic carbocycles. The van der Waals surface area contributed by atoms with Crippen LogP contribution in [0.15, 0.2) is 48.5 Å². The fourth-order valence-corrected chi connectivity index (χ4v) is 4.32. The van der Waals surface area contributed by atoms with E-state index >= 15 is 0 Å². The van der Waals surface area contributed by atoms with Gasteiger partial charge in [-0.25, -0.2) is 0 Å². The Morgan fingerprint density at radius 1 is 1.10 bits per heavy atom. The van der Waals surface area contributed by atoms with Crippen molar-refractivity contribution in [3.05, 3.63) is 65.2 Å². The molecule has 31 heavy (non-hydrogen) atoms. The maximum atomic E-state index is 13.2. The van der Waals surface area contributed by atoms with Crippen LogP contribution in [-0.2, 0) is 21.9 Å². The van der Waals surface area contributed by atoms with Gasteiger partial charge in [-0.05, 0) is 56.0 Å². The number of ether oxygens (including phenoxy) is 1. The molecule has 0 bridgehead atoms. The van der Waals surface area contributed by atoms with Crippen LogP contribution in [-0.4, -0.2) is 41.7 Å². The van der Waals surface area contributed by atoms with E-state index in [0.29, 0.717) is 18.7 Å². The Labute approximate surface area is 190 Å². The molecule has 1 N–H and O–H groups in total. The van der Waals surface area contributed by atoms with Crippen LogP contribution in [0.4, 0.5) is 0 Å². The van der Waals surface area contributed by atoms with Crippen molar-refractivity contribution in [2.75, 3.05) is 12.9 Å². The molecule has 0 heterocycles. The first kappa shape index (κ1) is 24.8. The lowest BCUT2D eigenvalue weighted by molar-refractivity contribution is -0.139. The van der Waals surface area contributed by atoms with Gasteiger partial charge in [-0.3, -0.25) is 9.59 Å². The fraction of sp³-hybridized carbons (Fsp3) is 0.440. The van der Waals surface area contributed by atoms with E-state index in [1.807, 2.05) is 57.2 Å². The number of amides is 2. The van der Waals surface area contributed by atoms with Gasteiger partial charge < -0.3 is 15.0 Å². The molecule has 168 valence electrons. The molecule has 2 rings (SSSR count). The molecule has 6 heteroatoms. The summed E-state index contributed by atoms with van der Waals surface area (Å²) in [5.41, 5.74) is 3.42. The molecule has 2 amide bonds. The van der Waals surface area contributed by atoms with Crippen molar-refractivity contribution < 1.29 is 14.3 Å². The first-order chi connectivity index (χ1) is 14.8. The largest absolute Gasteiger partial charge is 0.497 e. The first-order valence-electron chi connectivity index (χ1n) is 10.7. The second-order valence-corrected chi connectivity index (χ2v) is 8.86. The van der Waals surface area contributed by atoms with E-state index in [1.54, 1.807) is 23.8 Å². The zero-order chi connectivity index (χ0) is 22.8. The normalized spacial score (nSPS) is 11.8. The van der Waals surface area contributed by atoms with Crippen LogP contribution < -0.4 is 10.1 Å². The van der Waals surface area contributed by atoms with E-state index in [4.69, 9.17) is 4.74 Å². The quantitative estimate of drug-likeness (QED) is 0.554. The van der Waals surface area contributed by atoms with Gasteiger partial charge in [0.25, 0.3) is 0 Å². The highest BCUT2D eigenvalue weighted by molar-refractivity contribution is 7.99. The number of rotatable bonds is 11. The van der Waals surface area contributed by atoms with Crippen LogP contribution in [0.3, 0.4) is 0 Å². The molecular formula is C25H34N2O3S. The maximum absolute atomic E-state index is 13.2. The zero-order valence-corrected chi connectivity index (χ0v) is 20.0. The van der Waals surface area contributed by atoms with Crippen LogP contribution in [0.25, 0.3) is 0 Å². The minimum atomic E-state index is -0.504. The maximum Gasteiger partial charge on any atom is 0.243 e. The van der Waals surface area contributed by atoms with Crippen LogP contribution in [0.5, 0.6) is 5.75 Å². The first-order valence-corrected chi connectivity index (χ1v) is 11.9. The Morgan fingerprint density at radius 2 is 1.77 bits per heavy atom. The summed E-state index contributed by atoms with van der Waals surface area (Å²) in [6.07, 6.45) is 0.558. The Balaban J connectivity index is 2.14. The van der Waals surface area contributed by atoms with E-state index < -0.39 is 6.04 Å². The second kappa shape index (κ2) is 12.4. The van der Waals surface area contributed by atoms with E-state index in [9.17, 15) is 9.59 Å². The highest BCUT2D eigenvalue weighted by Crippen LogP contribution is 2.20. The van der Waals surface area contributed by atoms with Crippen LogP contribution in [0.1, 0.15) is 43.9 Å². The third kappa shape index (κ3) is 7.62. The average Bonchev–Trinajstić information content (AvgIpc) is 2.74. The Bertz CT molecular complexity index is 852. The van der Waals surface area contributed by atoms with Gasteiger partial charge in [0.1, 0.15) is 11.8 Å². The summed E-state index contributed by atoms with van der Waals surface area (Å²) in [4.78, 5) is 27.8. The Kier molecular flexibility index (Phi) is 9.92. The smallest absolute Gasteiger partial charge is 0.243 e. The molecular weight excluding hydrogens is 408 g/mol. The second-order valence-electron chi connectivity index (χ2n) is 7.88. The molecule has 0 fully saturated rings. The van der Waals surface area contributed by atoms with E-state index in [-0.39, 0.29) is 17.9 Å². The van der Waals surface area contributed by atoms with Crippen molar-refractivity contribution in [3.8, 4) is 5.75 Å². The monoisotopic (exact) mass is 442 g/mol. The zero-order valence-electron chi connectivity index (χ0n) is 19.2. The van der Waals surface area contributed by atoms with Crippen LogP contribution >= 0.6 is 11.8 Å². The van der Waals surface area contributed by atoms with Gasteiger partial charge in [0, 0.05) is 18.3 Å². The minimum Gasteiger partial charge on any atom is -0.497 e. The van der Waals surface area contributed by atoms with Gasteiger partial charge >= 0.3 is 0 Å². The van der Waals surface area contributed by atoms with Gasteiger partial charge in [-0.1, -0.05) is 43.3 Å². The summed E-state index contributed by atoms with van der Waals surface area (Å²) >= 11 is 1.58. The van der Waals surface area contributed by atoms with E-state index in [1.165, 1.54) is 11.1 Å². The van der Waals surface area contributed by atoms with Crippen molar-refractivity contribution >= 4 is 23.6 Å². The number of carbonyl (C=O) groups is 2. The van der Waals surface area contributed by atoms with Crippen molar-refractivity contribution in [2.45, 2.75) is 58.5 Å². The van der Waals surface area contributed by atoms with Gasteiger partial charge in [-0.15, -0.1) is 11.8 Å². The Morgan fingerprint density at radius 3 is 2.35 bits per heavy atom. The SMILES string of the molecule is CCC(C(=O)NC(C)C)N(Cc1ccc(OC)cc1)C(=O)CSCc1ccccc1C.